The molecule has 5 heteroatoms. The molecule has 0 saturated carbocycles. The third-order valence-corrected chi connectivity index (χ3v) is 2.44. The molecule has 0 fully saturated rings. The van der Waals surface area contributed by atoms with Crippen LogP contribution in [0.25, 0.3) is 0 Å². The minimum Gasteiger partial charge on any atom is -0.377 e. The summed E-state index contributed by atoms with van der Waals surface area (Å²) in [7, 11) is 0. The molecule has 2 N–H and O–H groups in total. The largest absolute Gasteiger partial charge is 0.377 e. The Morgan fingerprint density at radius 3 is 2.53 bits per heavy atom. The van der Waals surface area contributed by atoms with E-state index in [0.717, 1.165) is 6.07 Å². The van der Waals surface area contributed by atoms with Gasteiger partial charge in [0, 0.05) is 5.56 Å². The Balaban J connectivity index is 2.35. The maximum atomic E-state index is 13.4. The van der Waals surface area contributed by atoms with Crippen molar-refractivity contribution in [3.8, 4) is 0 Å². The van der Waals surface area contributed by atoms with Gasteiger partial charge >= 0.3 is 0 Å². The first-order valence-electron chi connectivity index (χ1n) is 6.22. The standard InChI is InChI=1S/C14H21F2NO2/c1-14(2,3)19-8-7-18-9-12(17)10-5-4-6-11(15)13(10)16/h4-6,12H,7-9,17H2,1-3H3. The van der Waals surface area contributed by atoms with E-state index < -0.39 is 17.7 Å². The lowest BCUT2D eigenvalue weighted by Gasteiger charge is -2.20. The maximum absolute atomic E-state index is 13.4. The number of hydrogen-bond donors (Lipinski definition) is 1. The van der Waals surface area contributed by atoms with E-state index in [0.29, 0.717) is 13.2 Å². The number of halogens is 2. The highest BCUT2D eigenvalue weighted by atomic mass is 19.2. The lowest BCUT2D eigenvalue weighted by Crippen LogP contribution is -2.24. The first-order valence-corrected chi connectivity index (χ1v) is 6.22. The van der Waals surface area contributed by atoms with Gasteiger partial charge in [0.15, 0.2) is 11.6 Å². The molecule has 0 radical (unpaired) electrons. The molecule has 3 nitrogen and oxygen atoms in total. The topological polar surface area (TPSA) is 44.5 Å². The van der Waals surface area contributed by atoms with E-state index in [1.807, 2.05) is 20.8 Å². The Labute approximate surface area is 112 Å². The van der Waals surface area contributed by atoms with Gasteiger partial charge in [-0.15, -0.1) is 0 Å². The zero-order valence-electron chi connectivity index (χ0n) is 11.6. The Hall–Kier alpha value is -1.04. The smallest absolute Gasteiger partial charge is 0.163 e. The minimum atomic E-state index is -0.912. The molecule has 0 aliphatic rings. The monoisotopic (exact) mass is 273 g/mol. The van der Waals surface area contributed by atoms with Gasteiger partial charge in [-0.2, -0.15) is 0 Å². The van der Waals surface area contributed by atoms with Crippen LogP contribution in [0.15, 0.2) is 18.2 Å². The van der Waals surface area contributed by atoms with E-state index in [4.69, 9.17) is 15.2 Å². The molecule has 0 aromatic heterocycles. The van der Waals surface area contributed by atoms with Gasteiger partial charge in [-0.25, -0.2) is 8.78 Å². The highest BCUT2D eigenvalue weighted by Gasteiger charge is 2.15. The molecular weight excluding hydrogens is 252 g/mol. The van der Waals surface area contributed by atoms with E-state index in [1.54, 1.807) is 0 Å². The van der Waals surface area contributed by atoms with Gasteiger partial charge in [0.1, 0.15) is 0 Å². The van der Waals surface area contributed by atoms with Crippen LogP contribution in [0.1, 0.15) is 32.4 Å². The number of hydrogen-bond acceptors (Lipinski definition) is 3. The number of rotatable bonds is 6. The van der Waals surface area contributed by atoms with Crippen molar-refractivity contribution < 1.29 is 18.3 Å². The van der Waals surface area contributed by atoms with E-state index in [9.17, 15) is 8.78 Å². The highest BCUT2D eigenvalue weighted by Crippen LogP contribution is 2.17. The van der Waals surface area contributed by atoms with E-state index in [2.05, 4.69) is 0 Å². The van der Waals surface area contributed by atoms with Crippen LogP contribution in [0.4, 0.5) is 8.78 Å². The van der Waals surface area contributed by atoms with Gasteiger partial charge in [0.05, 0.1) is 31.5 Å². The predicted molar refractivity (Wildman–Crippen MR) is 69.8 cm³/mol. The van der Waals surface area contributed by atoms with Gasteiger partial charge in [-0.3, -0.25) is 0 Å². The number of nitrogens with two attached hydrogens (primary N) is 1. The van der Waals surface area contributed by atoms with Crippen molar-refractivity contribution in [1.29, 1.82) is 0 Å². The molecule has 0 aliphatic heterocycles. The molecule has 0 spiro atoms. The molecule has 0 saturated heterocycles. The first-order chi connectivity index (χ1) is 8.81. The second-order valence-corrected chi connectivity index (χ2v) is 5.29. The van der Waals surface area contributed by atoms with Crippen LogP contribution in [-0.2, 0) is 9.47 Å². The third-order valence-electron chi connectivity index (χ3n) is 2.44. The van der Waals surface area contributed by atoms with Crippen molar-refractivity contribution in [3.63, 3.8) is 0 Å². The van der Waals surface area contributed by atoms with Crippen molar-refractivity contribution in [2.75, 3.05) is 19.8 Å². The Bertz CT molecular complexity index is 405. The van der Waals surface area contributed by atoms with Gasteiger partial charge in [-0.1, -0.05) is 12.1 Å². The molecule has 1 unspecified atom stereocenters. The molecule has 1 aromatic rings. The summed E-state index contributed by atoms with van der Waals surface area (Å²) in [6, 6.07) is 3.25. The van der Waals surface area contributed by atoms with Gasteiger partial charge in [0.2, 0.25) is 0 Å². The summed E-state index contributed by atoms with van der Waals surface area (Å²) in [5.74, 6) is -1.81. The summed E-state index contributed by atoms with van der Waals surface area (Å²) in [6.45, 7) is 6.75. The first kappa shape index (κ1) is 16.0. The second kappa shape index (κ2) is 6.93. The zero-order chi connectivity index (χ0) is 14.5. The normalized spacial score (nSPS) is 13.6. The van der Waals surface area contributed by atoms with Gasteiger partial charge in [0.25, 0.3) is 0 Å². The molecule has 1 atom stereocenters. The highest BCUT2D eigenvalue weighted by molar-refractivity contribution is 5.22. The van der Waals surface area contributed by atoms with Crippen molar-refractivity contribution >= 4 is 0 Å². The van der Waals surface area contributed by atoms with E-state index in [1.165, 1.54) is 12.1 Å². The van der Waals surface area contributed by atoms with Crippen molar-refractivity contribution in [3.05, 3.63) is 35.4 Å². The Kier molecular flexibility index (Phi) is 5.85. The van der Waals surface area contributed by atoms with Crippen molar-refractivity contribution in [2.24, 2.45) is 5.73 Å². The predicted octanol–water partition coefficient (Wildman–Crippen LogP) is 2.80. The number of benzene rings is 1. The minimum absolute atomic E-state index is 0.119. The van der Waals surface area contributed by atoms with E-state index >= 15 is 0 Å². The van der Waals surface area contributed by atoms with Gasteiger partial charge in [-0.05, 0) is 26.8 Å². The average Bonchev–Trinajstić information content (AvgIpc) is 2.30. The van der Waals surface area contributed by atoms with Crippen LogP contribution in [0.2, 0.25) is 0 Å². The lowest BCUT2D eigenvalue weighted by atomic mass is 10.1. The summed E-state index contributed by atoms with van der Waals surface area (Å²) < 4.78 is 37.2. The molecule has 1 rings (SSSR count). The summed E-state index contributed by atoms with van der Waals surface area (Å²) in [5.41, 5.74) is 5.66. The summed E-state index contributed by atoms with van der Waals surface area (Å²) in [5, 5.41) is 0. The van der Waals surface area contributed by atoms with Crippen molar-refractivity contribution in [1.82, 2.24) is 0 Å². The third kappa shape index (κ3) is 5.63. The Morgan fingerprint density at radius 2 is 1.89 bits per heavy atom. The van der Waals surface area contributed by atoms with Gasteiger partial charge < -0.3 is 15.2 Å². The SMILES string of the molecule is CC(C)(C)OCCOCC(N)c1cccc(F)c1F. The summed E-state index contributed by atoms with van der Waals surface area (Å²) in [6.07, 6.45) is 0. The molecular formula is C14H21F2NO2. The number of ether oxygens (including phenoxy) is 2. The maximum Gasteiger partial charge on any atom is 0.163 e. The molecule has 1 aromatic carbocycles. The van der Waals surface area contributed by atoms with Crippen LogP contribution in [0, 0.1) is 11.6 Å². The quantitative estimate of drug-likeness (QED) is 0.811. The summed E-state index contributed by atoms with van der Waals surface area (Å²) in [4.78, 5) is 0. The van der Waals surface area contributed by atoms with Crippen molar-refractivity contribution in [2.45, 2.75) is 32.4 Å². The second-order valence-electron chi connectivity index (χ2n) is 5.29. The zero-order valence-corrected chi connectivity index (χ0v) is 11.6. The molecule has 108 valence electrons. The Morgan fingerprint density at radius 1 is 1.21 bits per heavy atom. The fourth-order valence-corrected chi connectivity index (χ4v) is 1.51. The van der Waals surface area contributed by atoms with E-state index in [-0.39, 0.29) is 17.8 Å². The molecule has 0 aliphatic carbocycles. The fraction of sp³-hybridized carbons (Fsp3) is 0.571. The molecule has 0 bridgehead atoms. The van der Waals surface area contributed by atoms with Crippen LogP contribution in [-0.4, -0.2) is 25.4 Å². The molecule has 0 amide bonds. The molecule has 0 heterocycles. The van der Waals surface area contributed by atoms with Crippen LogP contribution >= 0.6 is 0 Å². The van der Waals surface area contributed by atoms with Crippen LogP contribution in [0.5, 0.6) is 0 Å². The summed E-state index contributed by atoms with van der Waals surface area (Å²) >= 11 is 0. The van der Waals surface area contributed by atoms with Crippen LogP contribution in [0.3, 0.4) is 0 Å². The average molecular weight is 273 g/mol. The molecule has 19 heavy (non-hydrogen) atoms. The lowest BCUT2D eigenvalue weighted by molar-refractivity contribution is -0.0364. The van der Waals surface area contributed by atoms with Crippen LogP contribution < -0.4 is 5.73 Å². The fourth-order valence-electron chi connectivity index (χ4n) is 1.51.